The van der Waals surface area contributed by atoms with Crippen molar-refractivity contribution in [3.8, 4) is 0 Å². The van der Waals surface area contributed by atoms with Crippen LogP contribution < -0.4 is 5.32 Å². The molecule has 8 heteroatoms. The molecular formula is C17H16Cl2N4O2. The first-order valence-corrected chi connectivity index (χ1v) is 8.49. The lowest BCUT2D eigenvalue weighted by molar-refractivity contribution is -0.119. The van der Waals surface area contributed by atoms with Crippen molar-refractivity contribution in [1.29, 1.82) is 0 Å². The highest BCUT2D eigenvalue weighted by atomic mass is 35.5. The summed E-state index contributed by atoms with van der Waals surface area (Å²) in [6.07, 6.45) is 3.94. The maximum Gasteiger partial charge on any atom is 0.255 e. The molecule has 0 aliphatic carbocycles. The monoisotopic (exact) mass is 378 g/mol. The van der Waals surface area contributed by atoms with Crippen molar-refractivity contribution < 1.29 is 9.59 Å². The first-order chi connectivity index (χ1) is 12.1. The van der Waals surface area contributed by atoms with Crippen LogP contribution in [0.25, 0.3) is 0 Å². The van der Waals surface area contributed by atoms with Gasteiger partial charge in [0.15, 0.2) is 0 Å². The molecule has 2 aromatic rings. The highest BCUT2D eigenvalue weighted by molar-refractivity contribution is 6.43. The number of nitrogens with zero attached hydrogens (tertiary/aromatic N) is 3. The van der Waals surface area contributed by atoms with Gasteiger partial charge < -0.3 is 15.1 Å². The molecule has 0 saturated carbocycles. The molecule has 6 nitrogen and oxygen atoms in total. The molecule has 0 bridgehead atoms. The van der Waals surface area contributed by atoms with Crippen molar-refractivity contribution >= 4 is 46.9 Å². The second-order valence-electron chi connectivity index (χ2n) is 5.62. The number of hydrogen-bond donors (Lipinski definition) is 1. The van der Waals surface area contributed by atoms with E-state index in [1.807, 2.05) is 0 Å². The van der Waals surface area contributed by atoms with E-state index in [1.54, 1.807) is 40.3 Å². The molecule has 2 heterocycles. The maximum absolute atomic E-state index is 12.6. The Morgan fingerprint density at radius 1 is 1.16 bits per heavy atom. The largest absolute Gasteiger partial charge is 0.353 e. The van der Waals surface area contributed by atoms with Crippen LogP contribution in [-0.4, -0.2) is 53.3 Å². The van der Waals surface area contributed by atoms with E-state index in [2.05, 4.69) is 10.3 Å². The van der Waals surface area contributed by atoms with Crippen LogP contribution in [0.4, 0.5) is 11.4 Å². The summed E-state index contributed by atoms with van der Waals surface area (Å²) in [5.41, 5.74) is 1.75. The molecule has 0 atom stereocenters. The zero-order chi connectivity index (χ0) is 17.8. The number of carbonyl (C=O) groups excluding carboxylic acids is 2. The van der Waals surface area contributed by atoms with Crippen LogP contribution in [0.2, 0.25) is 10.0 Å². The molecule has 3 rings (SSSR count). The van der Waals surface area contributed by atoms with Gasteiger partial charge in [-0.25, -0.2) is 0 Å². The normalized spacial score (nSPS) is 14.3. The van der Waals surface area contributed by atoms with Crippen LogP contribution in [0.5, 0.6) is 0 Å². The van der Waals surface area contributed by atoms with Gasteiger partial charge in [-0.3, -0.25) is 14.6 Å². The molecule has 1 saturated heterocycles. The zero-order valence-corrected chi connectivity index (χ0v) is 14.8. The molecule has 0 unspecified atom stereocenters. The molecular weight excluding hydrogens is 363 g/mol. The first kappa shape index (κ1) is 17.5. The topological polar surface area (TPSA) is 65.5 Å². The van der Waals surface area contributed by atoms with Crippen LogP contribution in [0.1, 0.15) is 10.4 Å². The smallest absolute Gasteiger partial charge is 0.255 e. The quantitative estimate of drug-likeness (QED) is 0.830. The van der Waals surface area contributed by atoms with Gasteiger partial charge >= 0.3 is 0 Å². The van der Waals surface area contributed by atoms with Crippen LogP contribution in [-0.2, 0) is 4.79 Å². The van der Waals surface area contributed by atoms with E-state index < -0.39 is 0 Å². The van der Waals surface area contributed by atoms with E-state index in [9.17, 15) is 9.59 Å². The van der Waals surface area contributed by atoms with E-state index in [0.717, 1.165) is 6.41 Å². The van der Waals surface area contributed by atoms with E-state index >= 15 is 0 Å². The summed E-state index contributed by atoms with van der Waals surface area (Å²) < 4.78 is 0. The number of benzene rings is 1. The third kappa shape index (κ3) is 4.03. The Morgan fingerprint density at radius 3 is 2.64 bits per heavy atom. The van der Waals surface area contributed by atoms with Gasteiger partial charge in [0.1, 0.15) is 0 Å². The Labute approximate surface area is 155 Å². The summed E-state index contributed by atoms with van der Waals surface area (Å²) >= 11 is 12.2. The van der Waals surface area contributed by atoms with E-state index in [-0.39, 0.29) is 5.91 Å². The van der Waals surface area contributed by atoms with Crippen molar-refractivity contribution in [2.24, 2.45) is 0 Å². The van der Waals surface area contributed by atoms with Crippen LogP contribution in [0.15, 0.2) is 36.7 Å². The van der Waals surface area contributed by atoms with E-state index in [0.29, 0.717) is 53.2 Å². The number of rotatable bonds is 4. The van der Waals surface area contributed by atoms with Crippen molar-refractivity contribution in [2.45, 2.75) is 0 Å². The number of carbonyl (C=O) groups is 2. The standard InChI is InChI=1S/C17H16Cl2N4O2/c18-14-2-1-3-15(16(14)19)21-13-8-12(9-20-10-13)17(25)23-6-4-22(11-24)5-7-23/h1-3,8-11,21H,4-7H2. The number of anilines is 2. The number of nitrogens with one attached hydrogen (secondary N) is 1. The predicted molar refractivity (Wildman–Crippen MR) is 97.5 cm³/mol. The number of hydrogen-bond acceptors (Lipinski definition) is 4. The molecule has 1 fully saturated rings. The number of pyridine rings is 1. The minimum Gasteiger partial charge on any atom is -0.353 e. The summed E-state index contributed by atoms with van der Waals surface area (Å²) in [5, 5.41) is 3.98. The van der Waals surface area contributed by atoms with Crippen molar-refractivity contribution in [2.75, 3.05) is 31.5 Å². The Morgan fingerprint density at radius 2 is 1.92 bits per heavy atom. The highest BCUT2D eigenvalue weighted by Gasteiger charge is 2.21. The Hall–Kier alpha value is -2.31. The van der Waals surface area contributed by atoms with Crippen molar-refractivity contribution in [1.82, 2.24) is 14.8 Å². The Balaban J connectivity index is 1.74. The number of aromatic nitrogens is 1. The summed E-state index contributed by atoms with van der Waals surface area (Å²) in [6.45, 7) is 2.10. The summed E-state index contributed by atoms with van der Waals surface area (Å²) in [5.74, 6) is -0.112. The minimum atomic E-state index is -0.112. The molecule has 1 N–H and O–H groups in total. The predicted octanol–water partition coefficient (Wildman–Crippen LogP) is 3.05. The van der Waals surface area contributed by atoms with Gasteiger partial charge in [0, 0.05) is 32.4 Å². The third-order valence-corrected chi connectivity index (χ3v) is 4.79. The lowest BCUT2D eigenvalue weighted by Crippen LogP contribution is -2.48. The fourth-order valence-corrected chi connectivity index (χ4v) is 2.94. The number of halogens is 2. The zero-order valence-electron chi connectivity index (χ0n) is 13.3. The van der Waals surface area contributed by atoms with Crippen LogP contribution in [0, 0.1) is 0 Å². The summed E-state index contributed by atoms with van der Waals surface area (Å²) in [7, 11) is 0. The van der Waals surface area contributed by atoms with E-state index in [1.165, 1.54) is 6.20 Å². The fraction of sp³-hybridized carbons (Fsp3) is 0.235. The maximum atomic E-state index is 12.6. The van der Waals surface area contributed by atoms with Crippen molar-refractivity contribution in [3.63, 3.8) is 0 Å². The number of piperazine rings is 1. The van der Waals surface area contributed by atoms with Gasteiger partial charge in [-0.2, -0.15) is 0 Å². The Kier molecular flexibility index (Phi) is 5.40. The van der Waals surface area contributed by atoms with Gasteiger partial charge in [-0.05, 0) is 18.2 Å². The molecule has 1 aliphatic heterocycles. The molecule has 130 valence electrons. The molecule has 0 spiro atoms. The van der Waals surface area contributed by atoms with Crippen molar-refractivity contribution in [3.05, 3.63) is 52.3 Å². The summed E-state index contributed by atoms with van der Waals surface area (Å²) in [4.78, 5) is 30.9. The number of amides is 2. The average molecular weight is 379 g/mol. The van der Waals surface area contributed by atoms with E-state index in [4.69, 9.17) is 23.2 Å². The van der Waals surface area contributed by atoms with Gasteiger partial charge in [0.25, 0.3) is 5.91 Å². The molecule has 0 radical (unpaired) electrons. The average Bonchev–Trinajstić information content (AvgIpc) is 2.65. The second-order valence-corrected chi connectivity index (χ2v) is 6.41. The third-order valence-electron chi connectivity index (χ3n) is 3.97. The van der Waals surface area contributed by atoms with Gasteiger partial charge in [0.2, 0.25) is 6.41 Å². The molecule has 25 heavy (non-hydrogen) atoms. The second kappa shape index (κ2) is 7.72. The highest BCUT2D eigenvalue weighted by Crippen LogP contribution is 2.31. The van der Waals surface area contributed by atoms with Gasteiger partial charge in [-0.15, -0.1) is 0 Å². The van der Waals surface area contributed by atoms with Crippen LogP contribution in [0.3, 0.4) is 0 Å². The SMILES string of the molecule is O=CN1CCN(C(=O)c2cncc(Nc3cccc(Cl)c3Cl)c2)CC1. The lowest BCUT2D eigenvalue weighted by atomic mass is 10.2. The molecule has 1 aromatic heterocycles. The minimum absolute atomic E-state index is 0.112. The molecule has 1 aliphatic rings. The molecule has 2 amide bonds. The van der Waals surface area contributed by atoms with Gasteiger partial charge in [-0.1, -0.05) is 29.3 Å². The van der Waals surface area contributed by atoms with Crippen LogP contribution >= 0.6 is 23.2 Å². The summed E-state index contributed by atoms with van der Waals surface area (Å²) in [6, 6.07) is 7.00. The lowest BCUT2D eigenvalue weighted by Gasteiger charge is -2.32. The first-order valence-electron chi connectivity index (χ1n) is 7.73. The molecule has 1 aromatic carbocycles. The van der Waals surface area contributed by atoms with Gasteiger partial charge in [0.05, 0.1) is 33.2 Å². The fourth-order valence-electron chi connectivity index (χ4n) is 2.59. The Bertz CT molecular complexity index is 792.